The van der Waals surface area contributed by atoms with Gasteiger partial charge in [-0.15, -0.1) is 0 Å². The lowest BCUT2D eigenvalue weighted by Crippen LogP contribution is -2.16. The predicted molar refractivity (Wildman–Crippen MR) is 89.9 cm³/mol. The van der Waals surface area contributed by atoms with E-state index >= 15 is 0 Å². The second-order valence-electron chi connectivity index (χ2n) is 5.66. The molecule has 0 radical (unpaired) electrons. The van der Waals surface area contributed by atoms with Gasteiger partial charge in [-0.05, 0) is 62.4 Å². The molecule has 0 atom stereocenters. The number of aromatic nitrogens is 2. The molecule has 0 bridgehead atoms. The molecule has 4 heteroatoms. The van der Waals surface area contributed by atoms with Crippen molar-refractivity contribution in [1.82, 2.24) is 14.9 Å². The maximum Gasteiger partial charge on any atom is 0.0997 e. The molecular formula is C17H22BrN3. The minimum absolute atomic E-state index is 0.898. The van der Waals surface area contributed by atoms with E-state index in [9.17, 15) is 0 Å². The highest BCUT2D eigenvalue weighted by Gasteiger charge is 2.17. The first-order chi connectivity index (χ1) is 10.3. The van der Waals surface area contributed by atoms with Crippen molar-refractivity contribution in [1.29, 1.82) is 0 Å². The molecular weight excluding hydrogens is 326 g/mol. The third-order valence-electron chi connectivity index (χ3n) is 4.07. The molecule has 0 unspecified atom stereocenters. The van der Waals surface area contributed by atoms with Gasteiger partial charge in [0.15, 0.2) is 0 Å². The topological polar surface area (TPSA) is 29.9 Å². The van der Waals surface area contributed by atoms with E-state index < -0.39 is 0 Å². The van der Waals surface area contributed by atoms with Crippen LogP contribution >= 0.6 is 15.9 Å². The largest absolute Gasteiger partial charge is 0.313 e. The molecule has 0 saturated carbocycles. The van der Waals surface area contributed by atoms with Crippen LogP contribution in [0, 0.1) is 0 Å². The zero-order valence-corrected chi connectivity index (χ0v) is 14.1. The number of fused-ring (bicyclic) bond motifs is 1. The van der Waals surface area contributed by atoms with Gasteiger partial charge in [0.2, 0.25) is 0 Å². The quantitative estimate of drug-likeness (QED) is 0.828. The number of halogens is 1. The van der Waals surface area contributed by atoms with Crippen molar-refractivity contribution in [3.63, 3.8) is 0 Å². The highest BCUT2D eigenvalue weighted by Crippen LogP contribution is 2.26. The molecule has 1 aromatic carbocycles. The molecule has 0 amide bonds. The Labute approximate surface area is 134 Å². The van der Waals surface area contributed by atoms with Crippen molar-refractivity contribution in [3.8, 4) is 5.69 Å². The van der Waals surface area contributed by atoms with Gasteiger partial charge >= 0.3 is 0 Å². The number of imidazole rings is 1. The van der Waals surface area contributed by atoms with Crippen LogP contribution in [0.15, 0.2) is 29.0 Å². The summed E-state index contributed by atoms with van der Waals surface area (Å²) in [6.07, 6.45) is 7.98. The third-order valence-corrected chi connectivity index (χ3v) is 4.57. The molecule has 0 aliphatic heterocycles. The summed E-state index contributed by atoms with van der Waals surface area (Å²) in [5, 5.41) is 3.51. The second-order valence-corrected chi connectivity index (χ2v) is 6.58. The van der Waals surface area contributed by atoms with E-state index in [1.54, 1.807) is 0 Å². The van der Waals surface area contributed by atoms with Gasteiger partial charge in [-0.25, -0.2) is 4.98 Å². The normalized spacial score (nSPS) is 14.2. The summed E-state index contributed by atoms with van der Waals surface area (Å²) in [6, 6.07) is 6.53. The Kier molecular flexibility index (Phi) is 4.76. The summed E-state index contributed by atoms with van der Waals surface area (Å²) < 4.78 is 3.43. The van der Waals surface area contributed by atoms with Crippen LogP contribution < -0.4 is 5.32 Å². The maximum atomic E-state index is 4.62. The van der Waals surface area contributed by atoms with E-state index in [0.717, 1.165) is 36.8 Å². The number of rotatable bonds is 5. The molecule has 1 aromatic heterocycles. The molecule has 0 fully saturated rings. The molecule has 2 aromatic rings. The minimum Gasteiger partial charge on any atom is -0.313 e. The summed E-state index contributed by atoms with van der Waals surface area (Å²) >= 11 is 3.59. The van der Waals surface area contributed by atoms with E-state index in [0.29, 0.717) is 0 Å². The number of aryl methyl sites for hydroxylation is 1. The minimum atomic E-state index is 0.898. The van der Waals surface area contributed by atoms with Gasteiger partial charge in [-0.1, -0.05) is 22.9 Å². The van der Waals surface area contributed by atoms with E-state index in [2.05, 4.69) is 55.9 Å². The van der Waals surface area contributed by atoms with Gasteiger partial charge in [0.25, 0.3) is 0 Å². The van der Waals surface area contributed by atoms with Crippen LogP contribution in [0.2, 0.25) is 0 Å². The molecule has 21 heavy (non-hydrogen) atoms. The summed E-state index contributed by atoms with van der Waals surface area (Å²) in [5.41, 5.74) is 5.28. The lowest BCUT2D eigenvalue weighted by atomic mass is 10.0. The fourth-order valence-corrected chi connectivity index (χ4v) is 3.42. The molecule has 1 aliphatic carbocycles. The third kappa shape index (κ3) is 3.22. The van der Waals surface area contributed by atoms with Crippen molar-refractivity contribution >= 4 is 15.9 Å². The fraction of sp³-hybridized carbons (Fsp3) is 0.471. The Bertz CT molecular complexity index is 618. The van der Waals surface area contributed by atoms with E-state index in [4.69, 9.17) is 0 Å². The number of hydrogen-bond donors (Lipinski definition) is 1. The molecule has 3 nitrogen and oxygen atoms in total. The SMILES string of the molecule is CCCNCc1cc(Br)ccc1-n1cnc2c1CCCC2. The van der Waals surface area contributed by atoms with Gasteiger partial charge in [0.1, 0.15) is 0 Å². The highest BCUT2D eigenvalue weighted by molar-refractivity contribution is 9.10. The fourth-order valence-electron chi connectivity index (χ4n) is 3.01. The van der Waals surface area contributed by atoms with Crippen LogP contribution in [0.3, 0.4) is 0 Å². The highest BCUT2D eigenvalue weighted by atomic mass is 79.9. The molecule has 1 aliphatic rings. The Morgan fingerprint density at radius 3 is 3.00 bits per heavy atom. The van der Waals surface area contributed by atoms with Crippen LogP contribution in [0.5, 0.6) is 0 Å². The van der Waals surface area contributed by atoms with Crippen molar-refractivity contribution in [2.24, 2.45) is 0 Å². The standard InChI is InChI=1S/C17H22BrN3/c1-2-9-19-11-13-10-14(18)7-8-16(13)21-12-20-15-5-3-4-6-17(15)21/h7-8,10,12,19H,2-6,9,11H2,1H3. The zero-order valence-electron chi connectivity index (χ0n) is 12.5. The monoisotopic (exact) mass is 347 g/mol. The Hall–Kier alpha value is -1.13. The van der Waals surface area contributed by atoms with Crippen molar-refractivity contribution in [2.75, 3.05) is 6.54 Å². The van der Waals surface area contributed by atoms with Gasteiger partial charge < -0.3 is 9.88 Å². The average Bonchev–Trinajstić information content (AvgIpc) is 2.92. The summed E-state index contributed by atoms with van der Waals surface area (Å²) in [7, 11) is 0. The molecule has 3 rings (SSSR count). The van der Waals surface area contributed by atoms with E-state index in [-0.39, 0.29) is 0 Å². The first-order valence-corrected chi connectivity index (χ1v) is 8.63. The average molecular weight is 348 g/mol. The maximum absolute atomic E-state index is 4.62. The van der Waals surface area contributed by atoms with Crippen LogP contribution in [-0.2, 0) is 19.4 Å². The second kappa shape index (κ2) is 6.75. The molecule has 1 heterocycles. The van der Waals surface area contributed by atoms with Gasteiger partial charge in [-0.2, -0.15) is 0 Å². The smallest absolute Gasteiger partial charge is 0.0997 e. The van der Waals surface area contributed by atoms with Crippen molar-refractivity contribution in [3.05, 3.63) is 46.0 Å². The molecule has 0 spiro atoms. The van der Waals surface area contributed by atoms with Gasteiger partial charge in [0, 0.05) is 16.7 Å². The van der Waals surface area contributed by atoms with E-state index in [1.165, 1.54) is 35.5 Å². The lowest BCUT2D eigenvalue weighted by molar-refractivity contribution is 0.650. The molecule has 1 N–H and O–H groups in total. The summed E-state index contributed by atoms with van der Waals surface area (Å²) in [4.78, 5) is 4.62. The summed E-state index contributed by atoms with van der Waals surface area (Å²) in [6.45, 7) is 4.14. The lowest BCUT2D eigenvalue weighted by Gasteiger charge is -2.17. The van der Waals surface area contributed by atoms with Crippen LogP contribution in [0.1, 0.15) is 43.1 Å². The zero-order chi connectivity index (χ0) is 14.7. The summed E-state index contributed by atoms with van der Waals surface area (Å²) in [5.74, 6) is 0. The Balaban J connectivity index is 1.95. The number of nitrogens with zero attached hydrogens (tertiary/aromatic N) is 2. The van der Waals surface area contributed by atoms with Gasteiger partial charge in [0.05, 0.1) is 17.7 Å². The first kappa shape index (κ1) is 14.8. The Morgan fingerprint density at radius 2 is 2.14 bits per heavy atom. The number of nitrogens with one attached hydrogen (secondary N) is 1. The van der Waals surface area contributed by atoms with Gasteiger partial charge in [-0.3, -0.25) is 0 Å². The Morgan fingerprint density at radius 1 is 1.29 bits per heavy atom. The van der Waals surface area contributed by atoms with Crippen LogP contribution in [0.4, 0.5) is 0 Å². The van der Waals surface area contributed by atoms with Crippen molar-refractivity contribution < 1.29 is 0 Å². The number of hydrogen-bond acceptors (Lipinski definition) is 2. The first-order valence-electron chi connectivity index (χ1n) is 7.84. The molecule has 112 valence electrons. The molecule has 0 saturated heterocycles. The van der Waals surface area contributed by atoms with Crippen LogP contribution in [-0.4, -0.2) is 16.1 Å². The number of benzene rings is 1. The van der Waals surface area contributed by atoms with Crippen molar-refractivity contribution in [2.45, 2.75) is 45.6 Å². The predicted octanol–water partition coefficient (Wildman–Crippen LogP) is 4.01. The van der Waals surface area contributed by atoms with E-state index in [1.807, 2.05) is 6.33 Å². The van der Waals surface area contributed by atoms with Crippen LogP contribution in [0.25, 0.3) is 5.69 Å².